The molecule has 0 atom stereocenters. The highest BCUT2D eigenvalue weighted by Gasteiger charge is 2.10. The van der Waals surface area contributed by atoms with E-state index in [1.54, 1.807) is 30.5 Å². The molecule has 3 rings (SSSR count). The number of carbonyl (C=O) groups is 2. The molecule has 0 spiro atoms. The summed E-state index contributed by atoms with van der Waals surface area (Å²) < 4.78 is 4.52. The van der Waals surface area contributed by atoms with E-state index in [9.17, 15) is 9.59 Å². The zero-order valence-corrected chi connectivity index (χ0v) is 14.7. The lowest BCUT2D eigenvalue weighted by atomic mass is 10.2. The standard InChI is InChI=1S/C18H16N4O3S/c1-25-18(24)22-13-7-5-12(6-8-13)20-16(23)10-14-11-26-17(21-14)15-4-2-3-9-19-15/h2-9,11H,10H2,1H3,(H,20,23)(H,22,24). The van der Waals surface area contributed by atoms with Crippen LogP contribution in [0.4, 0.5) is 16.2 Å². The summed E-state index contributed by atoms with van der Waals surface area (Å²) in [6.07, 6.45) is 1.34. The van der Waals surface area contributed by atoms with Crippen molar-refractivity contribution in [3.63, 3.8) is 0 Å². The van der Waals surface area contributed by atoms with E-state index in [-0.39, 0.29) is 12.3 Å². The van der Waals surface area contributed by atoms with Gasteiger partial charge in [-0.3, -0.25) is 15.1 Å². The normalized spacial score (nSPS) is 10.2. The van der Waals surface area contributed by atoms with E-state index < -0.39 is 6.09 Å². The minimum Gasteiger partial charge on any atom is -0.453 e. The summed E-state index contributed by atoms with van der Waals surface area (Å²) in [7, 11) is 1.29. The SMILES string of the molecule is COC(=O)Nc1ccc(NC(=O)Cc2csc(-c3ccccn3)n2)cc1. The molecular weight excluding hydrogens is 352 g/mol. The molecule has 0 bridgehead atoms. The molecule has 0 radical (unpaired) electrons. The van der Waals surface area contributed by atoms with E-state index in [0.29, 0.717) is 17.1 Å². The number of rotatable bonds is 5. The number of pyridine rings is 1. The van der Waals surface area contributed by atoms with Crippen LogP contribution in [0.25, 0.3) is 10.7 Å². The van der Waals surface area contributed by atoms with Gasteiger partial charge < -0.3 is 10.1 Å². The smallest absolute Gasteiger partial charge is 0.411 e. The number of nitrogens with one attached hydrogen (secondary N) is 2. The van der Waals surface area contributed by atoms with Crippen molar-refractivity contribution in [3.05, 3.63) is 59.7 Å². The fourth-order valence-electron chi connectivity index (χ4n) is 2.17. The van der Waals surface area contributed by atoms with E-state index in [0.717, 1.165) is 10.7 Å². The first kappa shape index (κ1) is 17.6. The minimum absolute atomic E-state index is 0.170. The first-order valence-electron chi connectivity index (χ1n) is 7.75. The minimum atomic E-state index is -0.547. The Morgan fingerprint density at radius 1 is 1.08 bits per heavy atom. The predicted molar refractivity (Wildman–Crippen MR) is 100 cm³/mol. The molecule has 132 valence electrons. The highest BCUT2D eigenvalue weighted by molar-refractivity contribution is 7.13. The number of methoxy groups -OCH3 is 1. The Kier molecular flexibility index (Phi) is 5.55. The second kappa shape index (κ2) is 8.21. The molecule has 26 heavy (non-hydrogen) atoms. The third-order valence-electron chi connectivity index (χ3n) is 3.38. The van der Waals surface area contributed by atoms with Crippen LogP contribution < -0.4 is 10.6 Å². The summed E-state index contributed by atoms with van der Waals surface area (Å²) in [4.78, 5) is 32.0. The maximum Gasteiger partial charge on any atom is 0.411 e. The molecule has 7 nitrogen and oxygen atoms in total. The van der Waals surface area contributed by atoms with Gasteiger partial charge in [0.1, 0.15) is 5.01 Å². The number of hydrogen-bond donors (Lipinski definition) is 2. The van der Waals surface area contributed by atoms with Crippen LogP contribution in [0.3, 0.4) is 0 Å². The summed E-state index contributed by atoms with van der Waals surface area (Å²) in [5, 5.41) is 7.98. The molecule has 2 heterocycles. The van der Waals surface area contributed by atoms with E-state index >= 15 is 0 Å². The summed E-state index contributed by atoms with van der Waals surface area (Å²) in [6.45, 7) is 0. The van der Waals surface area contributed by atoms with E-state index in [1.807, 2.05) is 23.6 Å². The van der Waals surface area contributed by atoms with Crippen LogP contribution in [0, 0.1) is 0 Å². The van der Waals surface area contributed by atoms with Crippen LogP contribution in [0.15, 0.2) is 54.0 Å². The molecule has 0 aliphatic rings. The Morgan fingerprint density at radius 2 is 1.81 bits per heavy atom. The largest absolute Gasteiger partial charge is 0.453 e. The second-order valence-corrected chi connectivity index (χ2v) is 6.14. The van der Waals surface area contributed by atoms with Gasteiger partial charge in [0.25, 0.3) is 0 Å². The fourth-order valence-corrected chi connectivity index (χ4v) is 2.97. The van der Waals surface area contributed by atoms with Gasteiger partial charge in [0.2, 0.25) is 5.91 Å². The Labute approximate surface area is 154 Å². The highest BCUT2D eigenvalue weighted by atomic mass is 32.1. The maximum atomic E-state index is 12.2. The van der Waals surface area contributed by atoms with Crippen LogP contribution in [0.2, 0.25) is 0 Å². The van der Waals surface area contributed by atoms with Crippen LogP contribution in [0.5, 0.6) is 0 Å². The van der Waals surface area contributed by atoms with E-state index in [2.05, 4.69) is 25.3 Å². The Bertz CT molecular complexity index is 894. The number of ether oxygens (including phenoxy) is 1. The molecule has 0 unspecified atom stereocenters. The summed E-state index contributed by atoms with van der Waals surface area (Å²) in [6, 6.07) is 12.4. The molecule has 0 aliphatic carbocycles. The second-order valence-electron chi connectivity index (χ2n) is 5.28. The summed E-state index contributed by atoms with van der Waals surface area (Å²) >= 11 is 1.46. The number of benzene rings is 1. The van der Waals surface area contributed by atoms with Gasteiger partial charge in [-0.25, -0.2) is 9.78 Å². The lowest BCUT2D eigenvalue weighted by Gasteiger charge is -2.06. The lowest BCUT2D eigenvalue weighted by Crippen LogP contribution is -2.15. The molecule has 0 saturated carbocycles. The molecule has 1 aromatic carbocycles. The van der Waals surface area contributed by atoms with Gasteiger partial charge in [0.15, 0.2) is 0 Å². The number of nitrogens with zero attached hydrogens (tertiary/aromatic N) is 2. The zero-order valence-electron chi connectivity index (χ0n) is 13.9. The van der Waals surface area contributed by atoms with Gasteiger partial charge in [0.05, 0.1) is 24.9 Å². The molecule has 2 amide bonds. The average molecular weight is 368 g/mol. The van der Waals surface area contributed by atoms with Crippen molar-refractivity contribution in [2.45, 2.75) is 6.42 Å². The third-order valence-corrected chi connectivity index (χ3v) is 4.29. The molecular formula is C18H16N4O3S. The quantitative estimate of drug-likeness (QED) is 0.718. The highest BCUT2D eigenvalue weighted by Crippen LogP contribution is 2.22. The van der Waals surface area contributed by atoms with E-state index in [1.165, 1.54) is 18.4 Å². The number of aromatic nitrogens is 2. The van der Waals surface area contributed by atoms with E-state index in [4.69, 9.17) is 0 Å². The Balaban J connectivity index is 1.57. The van der Waals surface area contributed by atoms with Crippen molar-refractivity contribution in [1.29, 1.82) is 0 Å². The van der Waals surface area contributed by atoms with Crippen LogP contribution in [-0.4, -0.2) is 29.1 Å². The topological polar surface area (TPSA) is 93.2 Å². The van der Waals surface area contributed by atoms with Crippen LogP contribution in [0.1, 0.15) is 5.69 Å². The number of carbonyl (C=O) groups excluding carboxylic acids is 2. The summed E-state index contributed by atoms with van der Waals surface area (Å²) in [5.74, 6) is -0.170. The lowest BCUT2D eigenvalue weighted by molar-refractivity contribution is -0.115. The number of amides is 2. The first-order valence-corrected chi connectivity index (χ1v) is 8.62. The molecule has 0 fully saturated rings. The Hall–Kier alpha value is -3.26. The molecule has 8 heteroatoms. The van der Waals surface area contributed by atoms with Crippen molar-refractivity contribution in [3.8, 4) is 10.7 Å². The molecule has 3 aromatic rings. The molecule has 2 N–H and O–H groups in total. The van der Waals surface area contributed by atoms with Crippen molar-refractivity contribution in [1.82, 2.24) is 9.97 Å². The number of anilines is 2. The fraction of sp³-hybridized carbons (Fsp3) is 0.111. The number of hydrogen-bond acceptors (Lipinski definition) is 6. The molecule has 2 aromatic heterocycles. The van der Waals surface area contributed by atoms with Gasteiger partial charge in [-0.1, -0.05) is 6.07 Å². The zero-order chi connectivity index (χ0) is 18.4. The van der Waals surface area contributed by atoms with Gasteiger partial charge in [-0.2, -0.15) is 0 Å². The maximum absolute atomic E-state index is 12.2. The van der Waals surface area contributed by atoms with Crippen LogP contribution >= 0.6 is 11.3 Å². The van der Waals surface area contributed by atoms with Crippen molar-refractivity contribution in [2.75, 3.05) is 17.7 Å². The third kappa shape index (κ3) is 4.64. The Morgan fingerprint density at radius 3 is 2.46 bits per heavy atom. The van der Waals surface area contributed by atoms with Gasteiger partial charge in [0, 0.05) is 23.0 Å². The van der Waals surface area contributed by atoms with Crippen LogP contribution in [-0.2, 0) is 16.0 Å². The van der Waals surface area contributed by atoms with Crippen molar-refractivity contribution >= 4 is 34.7 Å². The van der Waals surface area contributed by atoms with Crippen molar-refractivity contribution in [2.24, 2.45) is 0 Å². The van der Waals surface area contributed by atoms with Gasteiger partial charge in [-0.05, 0) is 36.4 Å². The van der Waals surface area contributed by atoms with Gasteiger partial charge in [-0.15, -0.1) is 11.3 Å². The molecule has 0 aliphatic heterocycles. The summed E-state index contributed by atoms with van der Waals surface area (Å²) in [5.41, 5.74) is 2.69. The van der Waals surface area contributed by atoms with Crippen molar-refractivity contribution < 1.29 is 14.3 Å². The van der Waals surface area contributed by atoms with Gasteiger partial charge >= 0.3 is 6.09 Å². The number of thiazole rings is 1. The first-order chi connectivity index (χ1) is 12.6. The average Bonchev–Trinajstić information content (AvgIpc) is 3.12. The molecule has 0 saturated heterocycles. The monoisotopic (exact) mass is 368 g/mol. The predicted octanol–water partition coefficient (Wildman–Crippen LogP) is 3.56.